The molecule has 0 spiro atoms. The number of rotatable bonds is 2. The number of benzene rings is 5. The van der Waals surface area contributed by atoms with E-state index in [1.165, 1.54) is 20.9 Å². The van der Waals surface area contributed by atoms with Crippen LogP contribution in [0.1, 0.15) is 11.1 Å². The van der Waals surface area contributed by atoms with Gasteiger partial charge in [-0.15, -0.1) is 11.4 Å². The van der Waals surface area contributed by atoms with Crippen molar-refractivity contribution >= 4 is 51.9 Å². The second-order valence-electron chi connectivity index (χ2n) is 8.99. The van der Waals surface area contributed by atoms with Gasteiger partial charge in [-0.05, 0) is 44.9 Å². The van der Waals surface area contributed by atoms with Crippen LogP contribution in [0.3, 0.4) is 0 Å². The van der Waals surface area contributed by atoms with Crippen molar-refractivity contribution < 1.29 is 22.4 Å². The molecule has 3 nitrogen and oxygen atoms in total. The van der Waals surface area contributed by atoms with Gasteiger partial charge < -0.3 is 5.32 Å². The summed E-state index contributed by atoms with van der Waals surface area (Å²) < 4.78 is 4.20. The first-order valence-electron chi connectivity index (χ1n) is 12.3. The average Bonchev–Trinajstić information content (AvgIpc) is 3.34. The molecule has 7 rings (SSSR count). The van der Waals surface area contributed by atoms with E-state index < -0.39 is 0 Å². The predicted molar refractivity (Wildman–Crippen MR) is 156 cm³/mol. The fourth-order valence-electron chi connectivity index (χ4n) is 4.54. The molecule has 0 radical (unpaired) electrons. The van der Waals surface area contributed by atoms with E-state index in [1.807, 2.05) is 48.2 Å². The van der Waals surface area contributed by atoms with Crippen molar-refractivity contribution in [3.63, 3.8) is 0 Å². The zero-order valence-electron chi connectivity index (χ0n) is 21.1. The Labute approximate surface area is 243 Å². The van der Waals surface area contributed by atoms with Crippen LogP contribution in [-0.2, 0) is 22.4 Å². The molecule has 2 heterocycles. The molecular weight excluding hydrogens is 667 g/mol. The maximum absolute atomic E-state index is 4.79. The maximum atomic E-state index is 4.79. The van der Waals surface area contributed by atoms with Crippen LogP contribution in [0.15, 0.2) is 131 Å². The van der Waals surface area contributed by atoms with Crippen molar-refractivity contribution in [3.8, 4) is 0 Å². The van der Waals surface area contributed by atoms with E-state index in [0.29, 0.717) is 0 Å². The van der Waals surface area contributed by atoms with Crippen LogP contribution in [0.25, 0.3) is 5.32 Å². The van der Waals surface area contributed by atoms with Crippen LogP contribution in [0.4, 0.5) is 34.1 Å². The Balaban J connectivity index is 0.000000156. The van der Waals surface area contributed by atoms with Crippen molar-refractivity contribution in [3.05, 3.63) is 138 Å². The van der Waals surface area contributed by atoms with Crippen LogP contribution >= 0.6 is 11.8 Å². The zero-order chi connectivity index (χ0) is 25.2. The van der Waals surface area contributed by atoms with Crippen molar-refractivity contribution in [2.75, 3.05) is 0 Å². The van der Waals surface area contributed by atoms with Gasteiger partial charge in [-0.2, -0.15) is 0 Å². The van der Waals surface area contributed by atoms with Gasteiger partial charge in [-0.25, -0.2) is 0 Å². The molecule has 0 bridgehead atoms. The molecular formula is C33H26AuN3S+2. The van der Waals surface area contributed by atoms with Gasteiger partial charge in [0.05, 0.1) is 0 Å². The standard InChI is InChI=1S/C19H14N2.C14H12NS.Au/c1-3-9-16(10-4-1)20-15-21(17-11-5-2-6-12-17)19-14-8-7-13-18(19)20;1-9-5-3-7-11-13(9)15-14-10(2)6-4-8-12(14)16-11;/h1-14H;3-8H,1-2H3;/q+2;-1;+1. The van der Waals surface area contributed by atoms with Crippen molar-refractivity contribution in [2.24, 2.45) is 0 Å². The Morgan fingerprint density at radius 1 is 0.526 bits per heavy atom. The summed E-state index contributed by atoms with van der Waals surface area (Å²) in [4.78, 5) is 2.52. The first-order valence-corrected chi connectivity index (χ1v) is 13.2. The van der Waals surface area contributed by atoms with E-state index in [0.717, 1.165) is 34.1 Å². The van der Waals surface area contributed by atoms with E-state index >= 15 is 0 Å². The summed E-state index contributed by atoms with van der Waals surface area (Å²) in [6, 6.07) is 45.2. The van der Waals surface area contributed by atoms with Crippen LogP contribution < -0.4 is 9.15 Å². The summed E-state index contributed by atoms with van der Waals surface area (Å²) in [7, 11) is 0. The molecule has 0 saturated carbocycles. The minimum atomic E-state index is 0. The minimum Gasteiger partial charge on any atom is -0.656 e. The Bertz CT molecular complexity index is 1550. The molecule has 0 unspecified atom stereocenters. The van der Waals surface area contributed by atoms with E-state index in [4.69, 9.17) is 5.32 Å². The molecule has 0 saturated heterocycles. The number of hydrogen-bond donors (Lipinski definition) is 0. The van der Waals surface area contributed by atoms with E-state index in [9.17, 15) is 0 Å². The summed E-state index contributed by atoms with van der Waals surface area (Å²) in [5.74, 6) is 0. The molecule has 0 atom stereocenters. The number of aryl methyl sites for hydroxylation is 2. The molecule has 5 aromatic carbocycles. The molecule has 5 aromatic rings. The second-order valence-corrected chi connectivity index (χ2v) is 10.1. The summed E-state index contributed by atoms with van der Waals surface area (Å²) in [6.45, 7) is 4.23. The van der Waals surface area contributed by atoms with E-state index in [2.05, 4.69) is 114 Å². The predicted octanol–water partition coefficient (Wildman–Crippen LogP) is 9.65. The van der Waals surface area contributed by atoms with Gasteiger partial charge >= 0.3 is 28.4 Å². The summed E-state index contributed by atoms with van der Waals surface area (Å²) in [6.07, 6.45) is 0. The van der Waals surface area contributed by atoms with Gasteiger partial charge in [0.2, 0.25) is 11.4 Å². The van der Waals surface area contributed by atoms with Crippen LogP contribution in [-0.4, -0.2) is 6.01 Å². The third-order valence-corrected chi connectivity index (χ3v) is 7.54. The average molecular weight is 694 g/mol. The first kappa shape index (κ1) is 26.0. The number of fused-ring (bicyclic) bond motifs is 3. The monoisotopic (exact) mass is 693 g/mol. The summed E-state index contributed by atoms with van der Waals surface area (Å²) >= 11 is 1.82. The van der Waals surface area contributed by atoms with Gasteiger partial charge in [0, 0.05) is 36.4 Å². The topological polar surface area (TPSA) is 20.1 Å². The van der Waals surface area contributed by atoms with E-state index in [-0.39, 0.29) is 22.4 Å². The molecule has 0 aliphatic carbocycles. The smallest absolute Gasteiger partial charge is 0.656 e. The molecule has 0 amide bonds. The third kappa shape index (κ3) is 5.06. The van der Waals surface area contributed by atoms with Crippen molar-refractivity contribution in [1.29, 1.82) is 0 Å². The van der Waals surface area contributed by atoms with Gasteiger partial charge in [-0.1, -0.05) is 95.7 Å². The second kappa shape index (κ2) is 11.4. The maximum Gasteiger partial charge on any atom is 1.00 e. The van der Waals surface area contributed by atoms with Crippen molar-refractivity contribution in [1.82, 2.24) is 9.15 Å². The molecule has 5 heteroatoms. The summed E-state index contributed by atoms with van der Waals surface area (Å²) in [5, 5.41) is 4.79. The number of hydrogen-bond acceptors (Lipinski definition) is 1. The molecule has 2 aliphatic heterocycles. The molecule has 38 heavy (non-hydrogen) atoms. The quantitative estimate of drug-likeness (QED) is 0.131. The van der Waals surface area contributed by atoms with Gasteiger partial charge in [0.25, 0.3) is 11.4 Å². The Morgan fingerprint density at radius 2 is 0.947 bits per heavy atom. The van der Waals surface area contributed by atoms with Gasteiger partial charge in [0.15, 0.2) is 0 Å². The van der Waals surface area contributed by atoms with Crippen LogP contribution in [0.5, 0.6) is 0 Å². The largest absolute Gasteiger partial charge is 1.00 e. The fraction of sp³-hybridized carbons (Fsp3) is 0.0606. The molecule has 2 aliphatic rings. The molecule has 0 aromatic heterocycles. The van der Waals surface area contributed by atoms with Crippen LogP contribution in [0.2, 0.25) is 0 Å². The molecule has 0 fully saturated rings. The Hall–Kier alpha value is -3.63. The van der Waals surface area contributed by atoms with Crippen LogP contribution in [0, 0.1) is 13.8 Å². The third-order valence-electron chi connectivity index (χ3n) is 6.44. The normalized spacial score (nSPS) is 12.3. The first-order chi connectivity index (χ1) is 18.2. The van der Waals surface area contributed by atoms with Gasteiger partial charge in [0.1, 0.15) is 0 Å². The number of nitrogens with zero attached hydrogens (tertiary/aromatic N) is 3. The zero-order valence-corrected chi connectivity index (χ0v) is 24.1. The Kier molecular flexibility index (Phi) is 7.80. The molecule has 0 N–H and O–H groups in total. The minimum absolute atomic E-state index is 0. The Morgan fingerprint density at radius 3 is 1.39 bits per heavy atom. The summed E-state index contributed by atoms with van der Waals surface area (Å²) in [5.41, 5.74) is 9.29. The van der Waals surface area contributed by atoms with Crippen molar-refractivity contribution in [2.45, 2.75) is 23.6 Å². The SMILES string of the molecule is C1=[N+](c2ccccc2)c2ccccc2[N+]=1c1ccccc1.Cc1cccc2c1[N-]c1c(C)cccc1S2.[Au+]. The fourth-order valence-corrected chi connectivity index (χ4v) is 5.68. The number of para-hydroxylation sites is 6. The van der Waals surface area contributed by atoms with Gasteiger partial charge in [-0.3, -0.25) is 0 Å². The van der Waals surface area contributed by atoms with E-state index in [1.54, 1.807) is 0 Å². The molecule has 188 valence electrons.